The van der Waals surface area contributed by atoms with Gasteiger partial charge in [0.1, 0.15) is 0 Å². The van der Waals surface area contributed by atoms with E-state index in [9.17, 15) is 4.79 Å². The number of amides is 2. The number of hydrogen-bond acceptors (Lipinski definition) is 1. The van der Waals surface area contributed by atoms with Gasteiger partial charge in [0.2, 0.25) is 0 Å². The molecule has 0 heterocycles. The first-order chi connectivity index (χ1) is 6.31. The monoisotopic (exact) mass is 184 g/mol. The molecule has 0 bridgehead atoms. The lowest BCUT2D eigenvalue weighted by Gasteiger charge is -2.04. The van der Waals surface area contributed by atoms with Crippen molar-refractivity contribution in [2.45, 2.75) is 32.6 Å². The largest absolute Gasteiger partial charge is 0.338 e. The van der Waals surface area contributed by atoms with Gasteiger partial charge in [-0.3, -0.25) is 0 Å². The molecule has 2 N–H and O–H groups in total. The van der Waals surface area contributed by atoms with E-state index in [1.54, 1.807) is 6.08 Å². The summed E-state index contributed by atoms with van der Waals surface area (Å²) in [5, 5.41) is 5.43. The molecule has 0 unspecified atom stereocenters. The maximum Gasteiger partial charge on any atom is 0.315 e. The Morgan fingerprint density at radius 2 is 2.08 bits per heavy atom. The number of carbonyl (C=O) groups excluding carboxylic acids is 1. The number of rotatable bonds is 7. The quantitative estimate of drug-likeness (QED) is 0.461. The van der Waals surface area contributed by atoms with Crippen LogP contribution in [0, 0.1) is 0 Å². The average Bonchev–Trinajstić information content (AvgIpc) is 2.14. The minimum Gasteiger partial charge on any atom is -0.338 e. The summed E-state index contributed by atoms with van der Waals surface area (Å²) >= 11 is 0. The highest BCUT2D eigenvalue weighted by Crippen LogP contribution is 1.96. The Kier molecular flexibility index (Phi) is 8.41. The van der Waals surface area contributed by atoms with Crippen molar-refractivity contribution in [3.05, 3.63) is 12.7 Å². The maximum absolute atomic E-state index is 11.0. The summed E-state index contributed by atoms with van der Waals surface area (Å²) in [4.78, 5) is 11.0. The molecule has 0 fully saturated rings. The first kappa shape index (κ1) is 12.0. The zero-order valence-electron chi connectivity index (χ0n) is 8.44. The molecule has 3 heteroatoms. The predicted octanol–water partition coefficient (Wildman–Crippen LogP) is 2.05. The van der Waals surface area contributed by atoms with Crippen molar-refractivity contribution < 1.29 is 4.79 Å². The van der Waals surface area contributed by atoms with Gasteiger partial charge in [0.15, 0.2) is 0 Å². The van der Waals surface area contributed by atoms with E-state index in [0.29, 0.717) is 6.54 Å². The van der Waals surface area contributed by atoms with Crippen molar-refractivity contribution in [1.29, 1.82) is 0 Å². The minimum atomic E-state index is -0.101. The summed E-state index contributed by atoms with van der Waals surface area (Å²) in [5.41, 5.74) is 0. The lowest BCUT2D eigenvalue weighted by Crippen LogP contribution is -2.35. The van der Waals surface area contributed by atoms with E-state index < -0.39 is 0 Å². The highest BCUT2D eigenvalue weighted by molar-refractivity contribution is 5.73. The molecule has 0 aromatic rings. The van der Waals surface area contributed by atoms with Crippen LogP contribution in [-0.2, 0) is 0 Å². The normalized spacial score (nSPS) is 9.31. The molecule has 0 aliphatic rings. The Morgan fingerprint density at radius 1 is 1.31 bits per heavy atom. The third-order valence-corrected chi connectivity index (χ3v) is 1.72. The third kappa shape index (κ3) is 8.92. The Morgan fingerprint density at radius 3 is 2.69 bits per heavy atom. The number of unbranched alkanes of at least 4 members (excludes halogenated alkanes) is 3. The summed E-state index contributed by atoms with van der Waals surface area (Å²) in [7, 11) is 0. The molecule has 13 heavy (non-hydrogen) atoms. The van der Waals surface area contributed by atoms with Gasteiger partial charge >= 0.3 is 6.03 Å². The van der Waals surface area contributed by atoms with Crippen LogP contribution in [0.4, 0.5) is 4.79 Å². The van der Waals surface area contributed by atoms with Crippen LogP contribution >= 0.6 is 0 Å². The molecule has 0 aliphatic carbocycles. The van der Waals surface area contributed by atoms with Gasteiger partial charge in [0.25, 0.3) is 0 Å². The van der Waals surface area contributed by atoms with Crippen LogP contribution in [0.2, 0.25) is 0 Å². The zero-order valence-corrected chi connectivity index (χ0v) is 8.44. The Balaban J connectivity index is 3.12. The highest BCUT2D eigenvalue weighted by Gasteiger charge is 1.95. The van der Waals surface area contributed by atoms with Gasteiger partial charge in [-0.1, -0.05) is 32.3 Å². The van der Waals surface area contributed by atoms with Gasteiger partial charge in [-0.2, -0.15) is 0 Å². The van der Waals surface area contributed by atoms with Crippen LogP contribution in [0.15, 0.2) is 12.7 Å². The van der Waals surface area contributed by atoms with E-state index in [1.165, 1.54) is 19.3 Å². The lowest BCUT2D eigenvalue weighted by atomic mass is 10.2. The summed E-state index contributed by atoms with van der Waals surface area (Å²) in [6.45, 7) is 6.98. The van der Waals surface area contributed by atoms with Crippen molar-refractivity contribution in [2.24, 2.45) is 0 Å². The molecule has 0 rings (SSSR count). The standard InChI is InChI=1S/C10H20N2O/c1-3-5-6-7-9-12-10(13)11-8-4-2/h4H,2-3,5-9H2,1H3,(H2,11,12,13). The molecule has 0 saturated carbocycles. The first-order valence-electron chi connectivity index (χ1n) is 4.93. The van der Waals surface area contributed by atoms with E-state index in [4.69, 9.17) is 0 Å². The van der Waals surface area contributed by atoms with Crippen LogP contribution in [-0.4, -0.2) is 19.1 Å². The molecular weight excluding hydrogens is 164 g/mol. The van der Waals surface area contributed by atoms with Crippen LogP contribution < -0.4 is 10.6 Å². The fraction of sp³-hybridized carbons (Fsp3) is 0.700. The van der Waals surface area contributed by atoms with Gasteiger partial charge in [-0.05, 0) is 6.42 Å². The predicted molar refractivity (Wildman–Crippen MR) is 55.7 cm³/mol. The molecule has 2 amide bonds. The molecule has 76 valence electrons. The summed E-state index contributed by atoms with van der Waals surface area (Å²) < 4.78 is 0. The van der Waals surface area contributed by atoms with E-state index in [-0.39, 0.29) is 6.03 Å². The minimum absolute atomic E-state index is 0.101. The molecule has 0 aromatic carbocycles. The highest BCUT2D eigenvalue weighted by atomic mass is 16.2. The van der Waals surface area contributed by atoms with Crippen molar-refractivity contribution in [3.8, 4) is 0 Å². The lowest BCUT2D eigenvalue weighted by molar-refractivity contribution is 0.241. The summed E-state index contributed by atoms with van der Waals surface area (Å²) in [5.74, 6) is 0. The molecule has 0 aromatic heterocycles. The SMILES string of the molecule is C=CCNC(=O)NCCCCCC. The number of nitrogens with one attached hydrogen (secondary N) is 2. The second kappa shape index (κ2) is 9.10. The van der Waals surface area contributed by atoms with Crippen LogP contribution in [0.25, 0.3) is 0 Å². The van der Waals surface area contributed by atoms with Gasteiger partial charge in [0, 0.05) is 13.1 Å². The maximum atomic E-state index is 11.0. The Hall–Kier alpha value is -0.990. The molecule has 0 saturated heterocycles. The van der Waals surface area contributed by atoms with Crippen molar-refractivity contribution in [3.63, 3.8) is 0 Å². The van der Waals surface area contributed by atoms with Gasteiger partial charge in [0.05, 0.1) is 0 Å². The molecular formula is C10H20N2O. The van der Waals surface area contributed by atoms with E-state index in [2.05, 4.69) is 24.1 Å². The first-order valence-corrected chi connectivity index (χ1v) is 4.93. The topological polar surface area (TPSA) is 41.1 Å². The van der Waals surface area contributed by atoms with Gasteiger partial charge in [-0.25, -0.2) is 4.79 Å². The Bertz CT molecular complexity index is 146. The van der Waals surface area contributed by atoms with Crippen LogP contribution in [0.1, 0.15) is 32.6 Å². The van der Waals surface area contributed by atoms with Gasteiger partial charge < -0.3 is 10.6 Å². The van der Waals surface area contributed by atoms with E-state index >= 15 is 0 Å². The summed E-state index contributed by atoms with van der Waals surface area (Å²) in [6, 6.07) is -0.101. The van der Waals surface area contributed by atoms with Gasteiger partial charge in [-0.15, -0.1) is 6.58 Å². The van der Waals surface area contributed by atoms with Crippen LogP contribution in [0.3, 0.4) is 0 Å². The number of hydrogen-bond donors (Lipinski definition) is 2. The molecule has 0 aliphatic heterocycles. The second-order valence-electron chi connectivity index (χ2n) is 2.99. The molecule has 0 spiro atoms. The average molecular weight is 184 g/mol. The van der Waals surface area contributed by atoms with E-state index in [0.717, 1.165) is 13.0 Å². The zero-order chi connectivity index (χ0) is 9.94. The van der Waals surface area contributed by atoms with Crippen molar-refractivity contribution in [2.75, 3.05) is 13.1 Å². The fourth-order valence-electron chi connectivity index (χ4n) is 0.981. The fourth-order valence-corrected chi connectivity index (χ4v) is 0.981. The number of carbonyl (C=O) groups is 1. The van der Waals surface area contributed by atoms with Crippen LogP contribution in [0.5, 0.6) is 0 Å². The Labute approximate surface area is 80.6 Å². The number of urea groups is 1. The second-order valence-corrected chi connectivity index (χ2v) is 2.99. The smallest absolute Gasteiger partial charge is 0.315 e. The third-order valence-electron chi connectivity index (χ3n) is 1.72. The van der Waals surface area contributed by atoms with Crippen molar-refractivity contribution in [1.82, 2.24) is 10.6 Å². The summed E-state index contributed by atoms with van der Waals surface area (Å²) in [6.07, 6.45) is 6.39. The molecule has 0 atom stereocenters. The van der Waals surface area contributed by atoms with Crippen molar-refractivity contribution >= 4 is 6.03 Å². The molecule has 3 nitrogen and oxygen atoms in total. The molecule has 0 radical (unpaired) electrons. The van der Waals surface area contributed by atoms with E-state index in [1.807, 2.05) is 0 Å².